The van der Waals surface area contributed by atoms with Gasteiger partial charge in [-0.1, -0.05) is 17.7 Å². The molecule has 1 aromatic heterocycles. The SMILES string of the molecule is Cc1cc(Cl)ccc1[C@@H]1CCC(O[N+](=O)[O-])(C(=O)O)C1(O[N+](=O)[O-])c1cncc2c1COC2. The summed E-state index contributed by atoms with van der Waals surface area (Å²) in [6.07, 6.45) is 2.25. The fraction of sp³-hybridized carbons (Fsp3) is 0.400. The van der Waals surface area contributed by atoms with Crippen molar-refractivity contribution in [1.82, 2.24) is 4.98 Å². The van der Waals surface area contributed by atoms with Crippen LogP contribution in [0.5, 0.6) is 0 Å². The van der Waals surface area contributed by atoms with Crippen molar-refractivity contribution < 1.29 is 34.5 Å². The summed E-state index contributed by atoms with van der Waals surface area (Å²) in [4.78, 5) is 50.1. The lowest BCUT2D eigenvalue weighted by Crippen LogP contribution is -2.60. The number of hydrogen-bond donors (Lipinski definition) is 1. The van der Waals surface area contributed by atoms with E-state index in [-0.39, 0.29) is 25.2 Å². The molecule has 1 aliphatic heterocycles. The maximum Gasteiger partial charge on any atom is 0.339 e. The molecular weight excluding hydrogens is 462 g/mol. The third-order valence-corrected chi connectivity index (χ3v) is 6.56. The van der Waals surface area contributed by atoms with Crippen LogP contribution >= 0.6 is 11.6 Å². The highest BCUT2D eigenvalue weighted by atomic mass is 35.5. The minimum Gasteiger partial charge on any atom is -0.479 e. The van der Waals surface area contributed by atoms with Gasteiger partial charge in [0.15, 0.2) is 5.60 Å². The van der Waals surface area contributed by atoms with Gasteiger partial charge in [-0.3, -0.25) is 14.7 Å². The van der Waals surface area contributed by atoms with E-state index < -0.39 is 39.7 Å². The van der Waals surface area contributed by atoms with Gasteiger partial charge in [0.05, 0.1) is 13.2 Å². The van der Waals surface area contributed by atoms with Gasteiger partial charge in [0.2, 0.25) is 5.60 Å². The third kappa shape index (κ3) is 3.42. The van der Waals surface area contributed by atoms with Crippen molar-refractivity contribution in [2.45, 2.75) is 50.1 Å². The summed E-state index contributed by atoms with van der Waals surface area (Å²) in [6, 6.07) is 4.75. The number of aliphatic carboxylic acids is 1. The van der Waals surface area contributed by atoms with E-state index in [1.807, 2.05) is 0 Å². The van der Waals surface area contributed by atoms with Crippen LogP contribution in [0.25, 0.3) is 0 Å². The number of aromatic nitrogens is 1. The molecule has 2 aromatic rings. The topological polar surface area (TPSA) is 164 Å². The molecule has 12 nitrogen and oxygen atoms in total. The number of carboxylic acids is 1. The Balaban J connectivity index is 2.10. The monoisotopic (exact) mass is 479 g/mol. The first-order valence-corrected chi connectivity index (χ1v) is 10.2. The molecule has 174 valence electrons. The molecule has 0 spiro atoms. The van der Waals surface area contributed by atoms with E-state index >= 15 is 0 Å². The highest BCUT2D eigenvalue weighted by Gasteiger charge is 2.72. The lowest BCUT2D eigenvalue weighted by molar-refractivity contribution is -0.819. The number of aryl methyl sites for hydroxylation is 1. The van der Waals surface area contributed by atoms with E-state index in [9.17, 15) is 30.1 Å². The average molecular weight is 480 g/mol. The normalized spacial score (nSPS) is 25.9. The van der Waals surface area contributed by atoms with Crippen LogP contribution in [0.15, 0.2) is 30.6 Å². The molecule has 0 bridgehead atoms. The predicted molar refractivity (Wildman–Crippen MR) is 109 cm³/mol. The van der Waals surface area contributed by atoms with Gasteiger partial charge in [0.25, 0.3) is 10.2 Å². The average Bonchev–Trinajstić information content (AvgIpc) is 3.32. The summed E-state index contributed by atoms with van der Waals surface area (Å²) in [5.41, 5.74) is -3.12. The predicted octanol–water partition coefficient (Wildman–Crippen LogP) is 3.09. The molecule has 1 aromatic carbocycles. The summed E-state index contributed by atoms with van der Waals surface area (Å²) in [5.74, 6) is -2.79. The van der Waals surface area contributed by atoms with Crippen molar-refractivity contribution in [3.8, 4) is 0 Å². The Labute approximate surface area is 191 Å². The largest absolute Gasteiger partial charge is 0.479 e. The molecular formula is C20H18ClN3O9. The third-order valence-electron chi connectivity index (χ3n) is 6.33. The van der Waals surface area contributed by atoms with Gasteiger partial charge in [-0.25, -0.2) is 4.79 Å². The fourth-order valence-electron chi connectivity index (χ4n) is 5.09. The van der Waals surface area contributed by atoms with Crippen molar-refractivity contribution in [3.63, 3.8) is 0 Å². The molecule has 13 heteroatoms. The second kappa shape index (κ2) is 8.12. The van der Waals surface area contributed by atoms with Gasteiger partial charge in [-0.2, -0.15) is 0 Å². The van der Waals surface area contributed by atoms with Crippen molar-refractivity contribution in [2.24, 2.45) is 0 Å². The summed E-state index contributed by atoms with van der Waals surface area (Å²) in [7, 11) is 0. The Morgan fingerprint density at radius 1 is 1.24 bits per heavy atom. The van der Waals surface area contributed by atoms with E-state index in [0.29, 0.717) is 27.3 Å². The van der Waals surface area contributed by atoms with Crippen LogP contribution in [-0.2, 0) is 38.0 Å². The van der Waals surface area contributed by atoms with Gasteiger partial charge in [0, 0.05) is 34.5 Å². The Bertz CT molecular complexity index is 1160. The molecule has 2 aliphatic rings. The number of hydrogen-bond acceptors (Lipinski definition) is 9. The molecule has 1 saturated carbocycles. The van der Waals surface area contributed by atoms with Gasteiger partial charge in [0.1, 0.15) is 0 Å². The highest BCUT2D eigenvalue weighted by molar-refractivity contribution is 6.30. The molecule has 2 heterocycles. The number of ether oxygens (including phenoxy) is 1. The Kier molecular flexibility index (Phi) is 5.58. The number of halogens is 1. The van der Waals surface area contributed by atoms with Crippen LogP contribution in [0.3, 0.4) is 0 Å². The van der Waals surface area contributed by atoms with Crippen LogP contribution in [0, 0.1) is 27.2 Å². The van der Waals surface area contributed by atoms with E-state index in [1.165, 1.54) is 12.4 Å². The summed E-state index contributed by atoms with van der Waals surface area (Å²) in [6.45, 7) is 1.84. The molecule has 33 heavy (non-hydrogen) atoms. The smallest absolute Gasteiger partial charge is 0.339 e. The van der Waals surface area contributed by atoms with Crippen LogP contribution in [-0.4, -0.2) is 31.8 Å². The van der Waals surface area contributed by atoms with Crippen LogP contribution in [0.1, 0.15) is 46.6 Å². The van der Waals surface area contributed by atoms with E-state index in [4.69, 9.17) is 26.0 Å². The molecule has 2 unspecified atom stereocenters. The molecule has 0 radical (unpaired) electrons. The second-order valence-corrected chi connectivity index (χ2v) is 8.34. The van der Waals surface area contributed by atoms with Crippen LogP contribution in [0.2, 0.25) is 5.02 Å². The van der Waals surface area contributed by atoms with Gasteiger partial charge in [-0.15, -0.1) is 20.2 Å². The number of benzene rings is 1. The van der Waals surface area contributed by atoms with Crippen molar-refractivity contribution in [3.05, 3.63) is 83.7 Å². The number of nitrogens with zero attached hydrogens (tertiary/aromatic N) is 3. The number of carbonyl (C=O) groups is 1. The second-order valence-electron chi connectivity index (χ2n) is 7.91. The molecule has 0 amide bonds. The minimum atomic E-state index is -2.74. The molecule has 1 aliphatic carbocycles. The fourth-order valence-corrected chi connectivity index (χ4v) is 5.31. The number of rotatable bonds is 7. The number of fused-ring (bicyclic) bond motifs is 1. The van der Waals surface area contributed by atoms with E-state index in [1.54, 1.807) is 25.1 Å². The molecule has 3 atom stereocenters. The summed E-state index contributed by atoms with van der Waals surface area (Å²) >= 11 is 6.07. The summed E-state index contributed by atoms with van der Waals surface area (Å²) in [5, 5.41) is 31.6. The van der Waals surface area contributed by atoms with E-state index in [2.05, 4.69) is 4.98 Å². The van der Waals surface area contributed by atoms with Crippen molar-refractivity contribution in [1.29, 1.82) is 0 Å². The van der Waals surface area contributed by atoms with Crippen LogP contribution in [0.4, 0.5) is 0 Å². The Morgan fingerprint density at radius 3 is 2.61 bits per heavy atom. The maximum atomic E-state index is 12.6. The highest BCUT2D eigenvalue weighted by Crippen LogP contribution is 2.60. The zero-order valence-corrected chi connectivity index (χ0v) is 18.0. The minimum absolute atomic E-state index is 0.00348. The molecule has 1 fully saturated rings. The van der Waals surface area contributed by atoms with Crippen LogP contribution < -0.4 is 0 Å². The Hall–Kier alpha value is -3.51. The van der Waals surface area contributed by atoms with Crippen molar-refractivity contribution >= 4 is 17.6 Å². The zero-order valence-electron chi connectivity index (χ0n) is 17.2. The standard InChI is InChI=1S/C20H18ClN3O9/c1-11-6-13(21)2-3-14(11)16-4-5-19(18(25)26,32-23(27)28)20(16,33-24(29)30)17-8-22-7-12-9-31-10-15(12)17/h2-3,6-8,16H,4-5,9-10H2,1H3,(H,25,26)/t16-,19?,20?/m0/s1. The molecule has 4 rings (SSSR count). The zero-order chi connectivity index (χ0) is 24.0. The lowest BCUT2D eigenvalue weighted by Gasteiger charge is -2.43. The quantitative estimate of drug-likeness (QED) is 0.460. The first-order valence-electron chi connectivity index (χ1n) is 9.83. The first-order chi connectivity index (χ1) is 15.6. The number of carboxylic acid groups (broad SMARTS) is 1. The van der Waals surface area contributed by atoms with Gasteiger partial charge < -0.3 is 9.84 Å². The van der Waals surface area contributed by atoms with Gasteiger partial charge >= 0.3 is 5.97 Å². The molecule has 1 N–H and O–H groups in total. The van der Waals surface area contributed by atoms with Gasteiger partial charge in [-0.05, 0) is 48.6 Å². The summed E-state index contributed by atoms with van der Waals surface area (Å²) < 4.78 is 5.45. The number of pyridine rings is 1. The lowest BCUT2D eigenvalue weighted by atomic mass is 9.71. The van der Waals surface area contributed by atoms with E-state index in [0.717, 1.165) is 0 Å². The maximum absolute atomic E-state index is 12.6. The Morgan fingerprint density at radius 2 is 1.97 bits per heavy atom. The first kappa shape index (κ1) is 22.7. The van der Waals surface area contributed by atoms with Crippen molar-refractivity contribution in [2.75, 3.05) is 0 Å². The molecule has 0 saturated heterocycles.